The first-order valence-electron chi connectivity index (χ1n) is 7.56. The Morgan fingerprint density at radius 1 is 1.14 bits per heavy atom. The Morgan fingerprint density at radius 2 is 1.71 bits per heavy atom. The third-order valence-corrected chi connectivity index (χ3v) is 3.24. The minimum Gasteiger partial charge on any atom is -0.380 e. The lowest BCUT2D eigenvalue weighted by Gasteiger charge is -2.28. The number of rotatable bonds is 10. The number of hydrogen-bond donors (Lipinski definition) is 1. The molecule has 120 valence electrons. The number of halogens is 1. The summed E-state index contributed by atoms with van der Waals surface area (Å²) in [6.07, 6.45) is 0. The molecule has 0 fully saturated rings. The third-order valence-electron chi connectivity index (χ3n) is 3.24. The third kappa shape index (κ3) is 5.61. The van der Waals surface area contributed by atoms with Crippen molar-refractivity contribution in [1.82, 2.24) is 0 Å². The smallest absolute Gasteiger partial charge is 0.146 e. The predicted octanol–water partition coefficient (Wildman–Crippen LogP) is 2.72. The highest BCUT2D eigenvalue weighted by atomic mass is 19.1. The first-order valence-corrected chi connectivity index (χ1v) is 7.56. The molecule has 0 heterocycles. The van der Waals surface area contributed by atoms with Crippen molar-refractivity contribution < 1.29 is 13.9 Å². The summed E-state index contributed by atoms with van der Waals surface area (Å²) in [6, 6.07) is 4.81. The number of nitrogens with two attached hydrogens (primary N) is 1. The van der Waals surface area contributed by atoms with E-state index in [4.69, 9.17) is 15.2 Å². The molecule has 1 rings (SSSR count). The first-order chi connectivity index (χ1) is 10.1. The summed E-state index contributed by atoms with van der Waals surface area (Å²) in [5.74, 6) is -0.252. The van der Waals surface area contributed by atoms with Crippen LogP contribution in [0.4, 0.5) is 10.1 Å². The van der Waals surface area contributed by atoms with Crippen LogP contribution in [0.5, 0.6) is 0 Å². The zero-order valence-electron chi connectivity index (χ0n) is 13.3. The van der Waals surface area contributed by atoms with E-state index < -0.39 is 0 Å². The quantitative estimate of drug-likeness (QED) is 0.675. The zero-order valence-corrected chi connectivity index (χ0v) is 13.3. The van der Waals surface area contributed by atoms with Gasteiger partial charge in [-0.1, -0.05) is 12.1 Å². The van der Waals surface area contributed by atoms with Crippen molar-refractivity contribution in [2.24, 2.45) is 5.73 Å². The van der Waals surface area contributed by atoms with Gasteiger partial charge in [0.1, 0.15) is 5.82 Å². The summed E-state index contributed by atoms with van der Waals surface area (Å²) in [5, 5.41) is 0. The van der Waals surface area contributed by atoms with E-state index in [1.165, 1.54) is 6.07 Å². The Kier molecular flexibility index (Phi) is 8.27. The molecule has 0 aromatic heterocycles. The fourth-order valence-electron chi connectivity index (χ4n) is 2.21. The van der Waals surface area contributed by atoms with Gasteiger partial charge < -0.3 is 20.1 Å². The van der Waals surface area contributed by atoms with Gasteiger partial charge in [-0.3, -0.25) is 0 Å². The molecule has 1 aromatic carbocycles. The molecule has 0 bridgehead atoms. The molecule has 0 saturated heterocycles. The van der Waals surface area contributed by atoms with Crippen molar-refractivity contribution in [3.05, 3.63) is 29.6 Å². The van der Waals surface area contributed by atoms with Crippen LogP contribution >= 0.6 is 0 Å². The van der Waals surface area contributed by atoms with Crippen LogP contribution in [-0.2, 0) is 9.47 Å². The molecular formula is C16H27FN2O2. The molecule has 0 aliphatic heterocycles. The van der Waals surface area contributed by atoms with Crippen molar-refractivity contribution in [2.45, 2.75) is 26.8 Å². The molecular weight excluding hydrogens is 271 g/mol. The van der Waals surface area contributed by atoms with E-state index in [1.54, 1.807) is 6.07 Å². The summed E-state index contributed by atoms with van der Waals surface area (Å²) in [5.41, 5.74) is 7.35. The second kappa shape index (κ2) is 9.71. The number of anilines is 1. The second-order valence-corrected chi connectivity index (χ2v) is 4.85. The highest BCUT2D eigenvalue weighted by Gasteiger charge is 2.18. The average Bonchev–Trinajstić information content (AvgIpc) is 2.46. The highest BCUT2D eigenvalue weighted by Crippen LogP contribution is 2.28. The van der Waals surface area contributed by atoms with Gasteiger partial charge in [-0.2, -0.15) is 0 Å². The van der Waals surface area contributed by atoms with E-state index in [9.17, 15) is 4.39 Å². The van der Waals surface area contributed by atoms with Crippen LogP contribution in [0.2, 0.25) is 0 Å². The minimum atomic E-state index is -0.252. The largest absolute Gasteiger partial charge is 0.380 e. The monoisotopic (exact) mass is 298 g/mol. The SMILES string of the molecule is CCOCCN(CCOCC)c1c(F)cccc1[C@H](C)N. The van der Waals surface area contributed by atoms with Crippen molar-refractivity contribution in [2.75, 3.05) is 44.4 Å². The van der Waals surface area contributed by atoms with E-state index >= 15 is 0 Å². The van der Waals surface area contributed by atoms with Crippen molar-refractivity contribution in [3.63, 3.8) is 0 Å². The van der Waals surface area contributed by atoms with E-state index in [0.717, 1.165) is 5.56 Å². The van der Waals surface area contributed by atoms with Crippen LogP contribution in [0.25, 0.3) is 0 Å². The molecule has 0 spiro atoms. The summed E-state index contributed by atoms with van der Waals surface area (Å²) >= 11 is 0. The zero-order chi connectivity index (χ0) is 15.7. The molecule has 4 nitrogen and oxygen atoms in total. The fraction of sp³-hybridized carbons (Fsp3) is 0.625. The summed E-state index contributed by atoms with van der Waals surface area (Å²) in [4.78, 5) is 1.96. The molecule has 0 aliphatic carbocycles. The molecule has 0 aliphatic rings. The lowest BCUT2D eigenvalue weighted by molar-refractivity contribution is 0.141. The van der Waals surface area contributed by atoms with Crippen LogP contribution in [0.1, 0.15) is 32.4 Å². The Morgan fingerprint density at radius 3 is 2.19 bits per heavy atom. The Balaban J connectivity index is 2.94. The maximum atomic E-state index is 14.3. The Bertz CT molecular complexity index is 403. The van der Waals surface area contributed by atoms with Gasteiger partial charge in [0.25, 0.3) is 0 Å². The minimum absolute atomic E-state index is 0.225. The van der Waals surface area contributed by atoms with Crippen LogP contribution < -0.4 is 10.6 Å². The number of ether oxygens (including phenoxy) is 2. The molecule has 0 saturated carbocycles. The molecule has 1 atom stereocenters. The number of benzene rings is 1. The van der Waals surface area contributed by atoms with Crippen LogP contribution in [0, 0.1) is 5.82 Å². The average molecular weight is 298 g/mol. The van der Waals surface area contributed by atoms with Crippen LogP contribution in [0.15, 0.2) is 18.2 Å². The summed E-state index contributed by atoms with van der Waals surface area (Å²) in [7, 11) is 0. The number of para-hydroxylation sites is 1. The Labute approximate surface area is 127 Å². The van der Waals surface area contributed by atoms with E-state index in [2.05, 4.69) is 0 Å². The lowest BCUT2D eigenvalue weighted by atomic mass is 10.1. The number of nitrogens with zero attached hydrogens (tertiary/aromatic N) is 1. The predicted molar refractivity (Wildman–Crippen MR) is 84.2 cm³/mol. The maximum Gasteiger partial charge on any atom is 0.146 e. The molecule has 5 heteroatoms. The highest BCUT2D eigenvalue weighted by molar-refractivity contribution is 5.56. The van der Waals surface area contributed by atoms with Crippen LogP contribution in [0.3, 0.4) is 0 Å². The van der Waals surface area contributed by atoms with Gasteiger partial charge >= 0.3 is 0 Å². The van der Waals surface area contributed by atoms with Gasteiger partial charge in [0, 0.05) is 32.3 Å². The molecule has 0 amide bonds. The van der Waals surface area contributed by atoms with Crippen molar-refractivity contribution in [3.8, 4) is 0 Å². The normalized spacial score (nSPS) is 12.4. The van der Waals surface area contributed by atoms with E-state index in [-0.39, 0.29) is 11.9 Å². The first kappa shape index (κ1) is 17.9. The van der Waals surface area contributed by atoms with Gasteiger partial charge in [0.2, 0.25) is 0 Å². The van der Waals surface area contributed by atoms with Crippen molar-refractivity contribution >= 4 is 5.69 Å². The molecule has 0 unspecified atom stereocenters. The summed E-state index contributed by atoms with van der Waals surface area (Å²) in [6.45, 7) is 9.38. The number of hydrogen-bond acceptors (Lipinski definition) is 4. The standard InChI is InChI=1S/C16H27FN2O2/c1-4-20-11-9-19(10-12-21-5-2)16-14(13(3)18)7-6-8-15(16)17/h6-8,13H,4-5,9-12,18H2,1-3H3/t13-/m0/s1. The van der Waals surface area contributed by atoms with Gasteiger partial charge in [0.05, 0.1) is 18.9 Å². The van der Waals surface area contributed by atoms with E-state index in [0.29, 0.717) is 45.2 Å². The topological polar surface area (TPSA) is 47.7 Å². The second-order valence-electron chi connectivity index (χ2n) is 4.85. The van der Waals surface area contributed by atoms with E-state index in [1.807, 2.05) is 31.7 Å². The lowest BCUT2D eigenvalue weighted by Crippen LogP contribution is -2.33. The van der Waals surface area contributed by atoms with Gasteiger partial charge in [-0.05, 0) is 32.4 Å². The van der Waals surface area contributed by atoms with Crippen molar-refractivity contribution in [1.29, 1.82) is 0 Å². The molecule has 0 radical (unpaired) electrons. The summed E-state index contributed by atoms with van der Waals surface area (Å²) < 4.78 is 25.1. The van der Waals surface area contributed by atoms with Gasteiger partial charge in [-0.25, -0.2) is 4.39 Å². The Hall–Kier alpha value is -1.17. The van der Waals surface area contributed by atoms with Gasteiger partial charge in [0.15, 0.2) is 0 Å². The molecule has 2 N–H and O–H groups in total. The van der Waals surface area contributed by atoms with Gasteiger partial charge in [-0.15, -0.1) is 0 Å². The fourth-order valence-corrected chi connectivity index (χ4v) is 2.21. The maximum absolute atomic E-state index is 14.3. The molecule has 21 heavy (non-hydrogen) atoms. The van der Waals surface area contributed by atoms with Crippen LogP contribution in [-0.4, -0.2) is 39.5 Å². The molecule has 1 aromatic rings.